The van der Waals surface area contributed by atoms with Crippen LogP contribution in [0.5, 0.6) is 5.75 Å². The molecular formula is C17H20O2. The van der Waals surface area contributed by atoms with Gasteiger partial charge in [0.15, 0.2) is 5.78 Å². The van der Waals surface area contributed by atoms with Gasteiger partial charge >= 0.3 is 0 Å². The number of aromatic hydroxyl groups is 1. The molecule has 0 aliphatic heterocycles. The molecule has 0 aromatic heterocycles. The van der Waals surface area contributed by atoms with Gasteiger partial charge in [0, 0.05) is 6.42 Å². The number of ketones is 1. The largest absolute Gasteiger partial charge is 0.507 e. The zero-order valence-electron chi connectivity index (χ0n) is 10.2. The third-order valence-corrected chi connectivity index (χ3v) is 2.92. The average Bonchev–Trinajstić information content (AvgIpc) is 2.40. The molecule has 0 unspecified atom stereocenters. The summed E-state index contributed by atoms with van der Waals surface area (Å²) >= 11 is 0. The summed E-state index contributed by atoms with van der Waals surface area (Å²) < 4.78 is 0. The van der Waals surface area contributed by atoms with E-state index in [0.29, 0.717) is 12.0 Å². The predicted octanol–water partition coefficient (Wildman–Crippen LogP) is 4.23. The molecule has 0 bridgehead atoms. The Kier molecular flexibility index (Phi) is 5.80. The van der Waals surface area contributed by atoms with Crippen LogP contribution in [0.2, 0.25) is 0 Å². The SMILES string of the molecule is C.O=C(CCCc1ccccc1)c1ccccc1O. The lowest BCUT2D eigenvalue weighted by atomic mass is 10.0. The van der Waals surface area contributed by atoms with Gasteiger partial charge in [-0.1, -0.05) is 49.9 Å². The van der Waals surface area contributed by atoms with Crippen LogP contribution in [0, 0.1) is 0 Å². The molecule has 2 aromatic rings. The van der Waals surface area contributed by atoms with E-state index < -0.39 is 0 Å². The Labute approximate surface area is 114 Å². The van der Waals surface area contributed by atoms with Crippen LogP contribution in [0.1, 0.15) is 36.2 Å². The second-order valence-electron chi connectivity index (χ2n) is 4.28. The molecule has 0 atom stereocenters. The lowest BCUT2D eigenvalue weighted by Gasteiger charge is -2.03. The molecule has 0 fully saturated rings. The van der Waals surface area contributed by atoms with Crippen molar-refractivity contribution >= 4 is 5.78 Å². The first-order valence-corrected chi connectivity index (χ1v) is 6.12. The standard InChI is InChI=1S/C16H16O2.CH4/c17-15-11-5-4-10-14(15)16(18)12-6-9-13-7-2-1-3-8-13;/h1-5,7-8,10-11,17H,6,9,12H2;1H4. The fourth-order valence-corrected chi connectivity index (χ4v) is 1.94. The molecule has 0 aliphatic rings. The molecule has 100 valence electrons. The zero-order chi connectivity index (χ0) is 12.8. The van der Waals surface area contributed by atoms with Gasteiger partial charge in [-0.25, -0.2) is 0 Å². The molecule has 2 heteroatoms. The number of rotatable bonds is 5. The van der Waals surface area contributed by atoms with Crippen molar-refractivity contribution in [2.24, 2.45) is 0 Å². The summed E-state index contributed by atoms with van der Waals surface area (Å²) in [5.41, 5.74) is 1.66. The number of phenols is 1. The summed E-state index contributed by atoms with van der Waals surface area (Å²) in [6, 6.07) is 16.8. The van der Waals surface area contributed by atoms with Gasteiger partial charge in [-0.15, -0.1) is 0 Å². The number of carbonyl (C=O) groups is 1. The number of hydrogen-bond acceptors (Lipinski definition) is 2. The van der Waals surface area contributed by atoms with Gasteiger partial charge in [0.25, 0.3) is 0 Å². The lowest BCUT2D eigenvalue weighted by Crippen LogP contribution is -2.00. The fourth-order valence-electron chi connectivity index (χ4n) is 1.94. The van der Waals surface area contributed by atoms with Crippen LogP contribution in [0.25, 0.3) is 0 Å². The Morgan fingerprint density at radius 2 is 1.58 bits per heavy atom. The van der Waals surface area contributed by atoms with Crippen molar-refractivity contribution in [1.82, 2.24) is 0 Å². The number of Topliss-reactive ketones (excluding diaryl/α,β-unsaturated/α-hetero) is 1. The Hall–Kier alpha value is -2.09. The van der Waals surface area contributed by atoms with E-state index in [-0.39, 0.29) is 19.0 Å². The summed E-state index contributed by atoms with van der Waals surface area (Å²) in [7, 11) is 0. The van der Waals surface area contributed by atoms with E-state index in [4.69, 9.17) is 0 Å². The quantitative estimate of drug-likeness (QED) is 0.813. The average molecular weight is 256 g/mol. The van der Waals surface area contributed by atoms with Crippen LogP contribution in [-0.2, 0) is 6.42 Å². The topological polar surface area (TPSA) is 37.3 Å². The highest BCUT2D eigenvalue weighted by Gasteiger charge is 2.09. The molecule has 2 rings (SSSR count). The van der Waals surface area contributed by atoms with Crippen molar-refractivity contribution in [2.45, 2.75) is 26.7 Å². The molecule has 0 spiro atoms. The van der Waals surface area contributed by atoms with Gasteiger partial charge in [0.05, 0.1) is 5.56 Å². The first kappa shape index (κ1) is 15.0. The van der Waals surface area contributed by atoms with Crippen molar-refractivity contribution in [2.75, 3.05) is 0 Å². The van der Waals surface area contributed by atoms with Gasteiger partial charge in [0.1, 0.15) is 5.75 Å². The van der Waals surface area contributed by atoms with E-state index in [1.165, 1.54) is 5.56 Å². The van der Waals surface area contributed by atoms with E-state index in [0.717, 1.165) is 12.8 Å². The number of benzene rings is 2. The fraction of sp³-hybridized carbons (Fsp3) is 0.235. The summed E-state index contributed by atoms with van der Waals surface area (Å²) in [6.45, 7) is 0. The maximum absolute atomic E-state index is 11.9. The minimum Gasteiger partial charge on any atom is -0.507 e. The summed E-state index contributed by atoms with van der Waals surface area (Å²) in [5, 5.41) is 9.58. The van der Waals surface area contributed by atoms with Gasteiger partial charge < -0.3 is 5.11 Å². The molecule has 0 radical (unpaired) electrons. The number of phenolic OH excluding ortho intramolecular Hbond substituents is 1. The van der Waals surface area contributed by atoms with Crippen LogP contribution >= 0.6 is 0 Å². The van der Waals surface area contributed by atoms with E-state index in [1.807, 2.05) is 18.2 Å². The van der Waals surface area contributed by atoms with Crippen molar-refractivity contribution < 1.29 is 9.90 Å². The Balaban J connectivity index is 0.00000180. The van der Waals surface area contributed by atoms with Crippen molar-refractivity contribution in [3.05, 3.63) is 65.7 Å². The van der Waals surface area contributed by atoms with Crippen LogP contribution in [-0.4, -0.2) is 10.9 Å². The number of aryl methyl sites for hydroxylation is 1. The molecule has 19 heavy (non-hydrogen) atoms. The second-order valence-corrected chi connectivity index (χ2v) is 4.28. The highest BCUT2D eigenvalue weighted by Crippen LogP contribution is 2.18. The first-order chi connectivity index (χ1) is 8.77. The minimum atomic E-state index is 0. The molecule has 0 amide bonds. The summed E-state index contributed by atoms with van der Waals surface area (Å²) in [5.74, 6) is 0.0752. The van der Waals surface area contributed by atoms with E-state index in [9.17, 15) is 9.90 Å². The van der Waals surface area contributed by atoms with Crippen LogP contribution in [0.4, 0.5) is 0 Å². The third kappa shape index (κ3) is 4.25. The smallest absolute Gasteiger partial charge is 0.166 e. The highest BCUT2D eigenvalue weighted by atomic mass is 16.3. The van der Waals surface area contributed by atoms with E-state index in [2.05, 4.69) is 12.1 Å². The molecule has 0 saturated heterocycles. The van der Waals surface area contributed by atoms with Gasteiger partial charge in [-0.3, -0.25) is 4.79 Å². The van der Waals surface area contributed by atoms with Crippen LogP contribution < -0.4 is 0 Å². The maximum atomic E-state index is 11.9. The molecule has 1 N–H and O–H groups in total. The number of para-hydroxylation sites is 1. The summed E-state index contributed by atoms with van der Waals surface area (Å²) in [4.78, 5) is 11.9. The summed E-state index contributed by atoms with van der Waals surface area (Å²) in [6.07, 6.45) is 2.16. The number of hydrogen-bond donors (Lipinski definition) is 1. The van der Waals surface area contributed by atoms with Gasteiger partial charge in [-0.05, 0) is 30.5 Å². The molecular weight excluding hydrogens is 236 g/mol. The minimum absolute atomic E-state index is 0. The van der Waals surface area contributed by atoms with Crippen LogP contribution in [0.15, 0.2) is 54.6 Å². The molecule has 2 aromatic carbocycles. The normalized spacial score (nSPS) is 9.68. The number of carbonyl (C=O) groups excluding carboxylic acids is 1. The molecule has 0 heterocycles. The highest BCUT2D eigenvalue weighted by molar-refractivity contribution is 5.98. The molecule has 0 saturated carbocycles. The van der Waals surface area contributed by atoms with E-state index >= 15 is 0 Å². The van der Waals surface area contributed by atoms with Crippen molar-refractivity contribution in [3.63, 3.8) is 0 Å². The Morgan fingerprint density at radius 1 is 0.947 bits per heavy atom. The lowest BCUT2D eigenvalue weighted by molar-refractivity contribution is 0.0977. The van der Waals surface area contributed by atoms with Crippen molar-refractivity contribution in [1.29, 1.82) is 0 Å². The second kappa shape index (κ2) is 7.37. The van der Waals surface area contributed by atoms with Crippen molar-refractivity contribution in [3.8, 4) is 5.75 Å². The van der Waals surface area contributed by atoms with Gasteiger partial charge in [0.2, 0.25) is 0 Å². The first-order valence-electron chi connectivity index (χ1n) is 6.12. The Morgan fingerprint density at radius 3 is 2.26 bits per heavy atom. The maximum Gasteiger partial charge on any atom is 0.166 e. The predicted molar refractivity (Wildman–Crippen MR) is 78.5 cm³/mol. The van der Waals surface area contributed by atoms with E-state index in [1.54, 1.807) is 24.3 Å². The molecule has 0 aliphatic carbocycles. The Bertz CT molecular complexity index is 518. The van der Waals surface area contributed by atoms with Gasteiger partial charge in [-0.2, -0.15) is 0 Å². The van der Waals surface area contributed by atoms with Crippen LogP contribution in [0.3, 0.4) is 0 Å². The third-order valence-electron chi connectivity index (χ3n) is 2.92. The zero-order valence-corrected chi connectivity index (χ0v) is 10.2. The molecule has 2 nitrogen and oxygen atoms in total. The monoisotopic (exact) mass is 256 g/mol.